The summed E-state index contributed by atoms with van der Waals surface area (Å²) in [5.74, 6) is -0.208. The number of rotatable bonds is 2. The van der Waals surface area contributed by atoms with E-state index in [0.29, 0.717) is 6.42 Å². The van der Waals surface area contributed by atoms with Crippen molar-refractivity contribution < 1.29 is 9.53 Å². The molecule has 2 N–H and O–H groups in total. The average molecular weight is 185 g/mol. The van der Waals surface area contributed by atoms with Gasteiger partial charge in [-0.05, 0) is 32.1 Å². The summed E-state index contributed by atoms with van der Waals surface area (Å²) in [5, 5.41) is 0. The zero-order valence-corrected chi connectivity index (χ0v) is 8.72. The maximum atomic E-state index is 10.9. The molecule has 0 saturated carbocycles. The molecule has 13 heavy (non-hydrogen) atoms. The Hall–Kier alpha value is -0.570. The Kier molecular flexibility index (Phi) is 2.66. The summed E-state index contributed by atoms with van der Waals surface area (Å²) in [6, 6.07) is 0. The van der Waals surface area contributed by atoms with Gasteiger partial charge in [0, 0.05) is 13.0 Å². The molecule has 1 atom stereocenters. The quantitative estimate of drug-likeness (QED) is 0.708. The van der Waals surface area contributed by atoms with Gasteiger partial charge in [0.05, 0.1) is 5.60 Å². The van der Waals surface area contributed by atoms with Crippen LogP contribution in [0.2, 0.25) is 0 Å². The number of hydrogen-bond acceptors (Lipinski definition) is 2. The molecule has 76 valence electrons. The molecule has 1 aliphatic heterocycles. The minimum Gasteiger partial charge on any atom is -0.376 e. The largest absolute Gasteiger partial charge is 0.376 e. The van der Waals surface area contributed by atoms with E-state index in [2.05, 4.69) is 20.8 Å². The van der Waals surface area contributed by atoms with Gasteiger partial charge >= 0.3 is 0 Å². The average Bonchev–Trinajstić information content (AvgIpc) is 1.79. The second kappa shape index (κ2) is 3.29. The summed E-state index contributed by atoms with van der Waals surface area (Å²) in [6.45, 7) is 6.97. The third-order valence-corrected chi connectivity index (χ3v) is 2.65. The molecule has 0 aromatic carbocycles. The van der Waals surface area contributed by atoms with E-state index in [1.54, 1.807) is 0 Å². The number of primary amides is 1. The predicted octanol–water partition coefficient (Wildman–Crippen LogP) is 1.46. The molecule has 1 heterocycles. The number of carbonyl (C=O) groups excluding carboxylic acids is 1. The molecular formula is C10H19NO2. The van der Waals surface area contributed by atoms with Gasteiger partial charge in [-0.15, -0.1) is 0 Å². The summed E-state index contributed by atoms with van der Waals surface area (Å²) in [4.78, 5) is 10.9. The third kappa shape index (κ3) is 2.99. The summed E-state index contributed by atoms with van der Waals surface area (Å²) in [7, 11) is 0. The molecule has 0 aromatic heterocycles. The lowest BCUT2D eigenvalue weighted by molar-refractivity contribution is -0.128. The molecule has 1 saturated heterocycles. The van der Waals surface area contributed by atoms with Crippen LogP contribution in [0.4, 0.5) is 0 Å². The lowest BCUT2D eigenvalue weighted by Crippen LogP contribution is -2.41. The molecule has 1 aliphatic rings. The Labute approximate surface area is 79.6 Å². The Morgan fingerprint density at radius 1 is 1.46 bits per heavy atom. The van der Waals surface area contributed by atoms with Crippen molar-refractivity contribution in [3.8, 4) is 0 Å². The van der Waals surface area contributed by atoms with Gasteiger partial charge in [-0.1, -0.05) is 6.92 Å². The van der Waals surface area contributed by atoms with Crippen LogP contribution in [0.25, 0.3) is 0 Å². The molecule has 0 unspecified atom stereocenters. The maximum Gasteiger partial charge on any atom is 0.217 e. The molecule has 0 radical (unpaired) electrons. The molecule has 0 aliphatic carbocycles. The van der Waals surface area contributed by atoms with Crippen molar-refractivity contribution >= 4 is 5.91 Å². The van der Waals surface area contributed by atoms with Crippen molar-refractivity contribution in [3.05, 3.63) is 0 Å². The van der Waals surface area contributed by atoms with Gasteiger partial charge in [-0.25, -0.2) is 0 Å². The molecule has 0 aromatic rings. The van der Waals surface area contributed by atoms with Gasteiger partial charge in [0.1, 0.15) is 0 Å². The Bertz CT molecular complexity index is 213. The Morgan fingerprint density at radius 2 is 2.08 bits per heavy atom. The number of nitrogens with two attached hydrogens (primary N) is 1. The minimum atomic E-state index is -0.208. The standard InChI is InChI=1S/C10H19NO2/c1-9(2)7-10(3,4-5-13-9)6-8(11)12/h4-7H2,1-3H3,(H2,11,12)/t10-/m1/s1. The predicted molar refractivity (Wildman–Crippen MR) is 51.2 cm³/mol. The zero-order valence-electron chi connectivity index (χ0n) is 8.72. The SMILES string of the molecule is CC1(C)C[C@@](C)(CC(N)=O)CCO1. The topological polar surface area (TPSA) is 52.3 Å². The number of amides is 1. The van der Waals surface area contributed by atoms with E-state index in [9.17, 15) is 4.79 Å². The fraction of sp³-hybridized carbons (Fsp3) is 0.900. The zero-order chi connectivity index (χ0) is 10.1. The highest BCUT2D eigenvalue weighted by molar-refractivity contribution is 5.74. The molecular weight excluding hydrogens is 166 g/mol. The summed E-state index contributed by atoms with van der Waals surface area (Å²) in [5.41, 5.74) is 5.14. The Morgan fingerprint density at radius 3 is 2.54 bits per heavy atom. The monoisotopic (exact) mass is 185 g/mol. The van der Waals surface area contributed by atoms with Gasteiger partial charge in [0.15, 0.2) is 0 Å². The molecule has 0 bridgehead atoms. The van der Waals surface area contributed by atoms with E-state index < -0.39 is 0 Å². The highest BCUT2D eigenvalue weighted by Gasteiger charge is 2.38. The first-order valence-corrected chi connectivity index (χ1v) is 4.75. The van der Waals surface area contributed by atoms with E-state index in [-0.39, 0.29) is 16.9 Å². The van der Waals surface area contributed by atoms with Crippen LogP contribution in [0.5, 0.6) is 0 Å². The van der Waals surface area contributed by atoms with E-state index in [0.717, 1.165) is 19.4 Å². The first-order valence-electron chi connectivity index (χ1n) is 4.75. The van der Waals surface area contributed by atoms with E-state index >= 15 is 0 Å². The van der Waals surface area contributed by atoms with Crippen LogP contribution in [0.1, 0.15) is 40.0 Å². The van der Waals surface area contributed by atoms with Crippen LogP contribution >= 0.6 is 0 Å². The molecule has 1 amide bonds. The first kappa shape index (κ1) is 10.5. The van der Waals surface area contributed by atoms with Crippen LogP contribution in [0, 0.1) is 5.41 Å². The highest BCUT2D eigenvalue weighted by atomic mass is 16.5. The molecule has 1 fully saturated rings. The van der Waals surface area contributed by atoms with Crippen molar-refractivity contribution in [1.82, 2.24) is 0 Å². The first-order chi connectivity index (χ1) is 5.83. The summed E-state index contributed by atoms with van der Waals surface area (Å²) in [6.07, 6.45) is 2.31. The van der Waals surface area contributed by atoms with Crippen molar-refractivity contribution in [2.75, 3.05) is 6.61 Å². The minimum absolute atomic E-state index is 0.0353. The van der Waals surface area contributed by atoms with Gasteiger partial charge < -0.3 is 10.5 Å². The van der Waals surface area contributed by atoms with Gasteiger partial charge in [-0.2, -0.15) is 0 Å². The van der Waals surface area contributed by atoms with E-state index in [1.165, 1.54) is 0 Å². The second-order valence-electron chi connectivity index (χ2n) is 4.99. The molecule has 3 nitrogen and oxygen atoms in total. The van der Waals surface area contributed by atoms with Crippen LogP contribution in [0.15, 0.2) is 0 Å². The van der Waals surface area contributed by atoms with Crippen molar-refractivity contribution in [3.63, 3.8) is 0 Å². The van der Waals surface area contributed by atoms with Crippen LogP contribution in [0.3, 0.4) is 0 Å². The summed E-state index contributed by atoms with van der Waals surface area (Å²) < 4.78 is 5.59. The number of ether oxygens (including phenoxy) is 1. The van der Waals surface area contributed by atoms with Crippen molar-refractivity contribution in [1.29, 1.82) is 0 Å². The maximum absolute atomic E-state index is 10.9. The smallest absolute Gasteiger partial charge is 0.217 e. The number of carbonyl (C=O) groups is 1. The van der Waals surface area contributed by atoms with Crippen molar-refractivity contribution in [2.45, 2.75) is 45.6 Å². The lowest BCUT2D eigenvalue weighted by atomic mass is 9.73. The molecule has 3 heteroatoms. The normalized spacial score (nSPS) is 32.8. The van der Waals surface area contributed by atoms with Crippen LogP contribution in [-0.2, 0) is 9.53 Å². The van der Waals surface area contributed by atoms with E-state index in [1.807, 2.05) is 0 Å². The van der Waals surface area contributed by atoms with Crippen LogP contribution in [-0.4, -0.2) is 18.1 Å². The van der Waals surface area contributed by atoms with E-state index in [4.69, 9.17) is 10.5 Å². The lowest BCUT2D eigenvalue weighted by Gasteiger charge is -2.42. The fourth-order valence-corrected chi connectivity index (χ4v) is 2.31. The van der Waals surface area contributed by atoms with Gasteiger partial charge in [0.25, 0.3) is 0 Å². The third-order valence-electron chi connectivity index (χ3n) is 2.65. The van der Waals surface area contributed by atoms with Gasteiger partial charge in [-0.3, -0.25) is 4.79 Å². The second-order valence-corrected chi connectivity index (χ2v) is 4.99. The van der Waals surface area contributed by atoms with Gasteiger partial charge in [0.2, 0.25) is 5.91 Å². The fourth-order valence-electron chi connectivity index (χ4n) is 2.31. The Balaban J connectivity index is 2.63. The number of hydrogen-bond donors (Lipinski definition) is 1. The highest BCUT2D eigenvalue weighted by Crippen LogP contribution is 2.40. The molecule has 1 rings (SSSR count). The van der Waals surface area contributed by atoms with Crippen molar-refractivity contribution in [2.24, 2.45) is 11.1 Å². The molecule has 0 spiro atoms. The summed E-state index contributed by atoms with van der Waals surface area (Å²) >= 11 is 0. The van der Waals surface area contributed by atoms with Crippen LogP contribution < -0.4 is 5.73 Å².